The van der Waals surface area contributed by atoms with E-state index in [4.69, 9.17) is 11.6 Å². The number of fused-ring (bicyclic) bond motifs is 1. The van der Waals surface area contributed by atoms with Gasteiger partial charge >= 0.3 is 6.18 Å². The third-order valence-corrected chi connectivity index (χ3v) is 5.05. The number of pyridine rings is 1. The number of anilines is 1. The lowest BCUT2D eigenvalue weighted by molar-refractivity contribution is -0.162. The summed E-state index contributed by atoms with van der Waals surface area (Å²) in [5.74, 6) is 0.650. The zero-order valence-electron chi connectivity index (χ0n) is 15.4. The summed E-state index contributed by atoms with van der Waals surface area (Å²) in [6, 6.07) is 1.52. The SMILES string of the molecule is CCSc1ccc(CNc2nc3cnc(Cl)nc3n([C@H](C)C(F)(F)F)c2=O)nc1. The minimum atomic E-state index is -4.67. The molecule has 3 rings (SSSR count). The molecule has 0 saturated carbocycles. The molecule has 0 unspecified atom stereocenters. The Bertz CT molecular complexity index is 1070. The van der Waals surface area contributed by atoms with Gasteiger partial charge in [-0.05, 0) is 36.4 Å². The summed E-state index contributed by atoms with van der Waals surface area (Å²) in [7, 11) is 0. The maximum Gasteiger partial charge on any atom is 0.409 e. The van der Waals surface area contributed by atoms with E-state index in [1.165, 1.54) is 6.20 Å². The van der Waals surface area contributed by atoms with Gasteiger partial charge in [-0.25, -0.2) is 9.97 Å². The molecule has 12 heteroatoms. The number of alkyl halides is 3. The van der Waals surface area contributed by atoms with Gasteiger partial charge in [-0.2, -0.15) is 18.2 Å². The van der Waals surface area contributed by atoms with Gasteiger partial charge in [0.05, 0.1) is 18.4 Å². The highest BCUT2D eigenvalue weighted by Crippen LogP contribution is 2.31. The van der Waals surface area contributed by atoms with Crippen molar-refractivity contribution in [1.29, 1.82) is 0 Å². The average Bonchev–Trinajstić information content (AvgIpc) is 2.67. The molecular formula is C17H16ClF3N6OS. The standard InChI is InChI=1S/C17H16ClF3N6OS/c1-3-29-11-5-4-10(22-7-11)6-23-13-15(28)27(9(2)17(19,20)21)14-12(25-13)8-24-16(18)26-14/h4-5,7-9H,3,6H2,1-2H3,(H,23,25)/t9-/m1/s1. The summed E-state index contributed by atoms with van der Waals surface area (Å²) < 4.78 is 40.5. The number of thioether (sulfide) groups is 1. The first-order chi connectivity index (χ1) is 13.7. The van der Waals surface area contributed by atoms with Gasteiger partial charge in [0.15, 0.2) is 11.5 Å². The number of aromatic nitrogens is 5. The summed E-state index contributed by atoms with van der Waals surface area (Å²) in [5.41, 5.74) is -0.635. The molecule has 3 heterocycles. The Kier molecular flexibility index (Phi) is 6.27. The topological polar surface area (TPSA) is 85.6 Å². The number of hydrogen-bond acceptors (Lipinski definition) is 7. The molecule has 0 spiro atoms. The Morgan fingerprint density at radius 2 is 2.00 bits per heavy atom. The molecule has 0 fully saturated rings. The molecule has 0 aliphatic heterocycles. The van der Waals surface area contributed by atoms with Gasteiger partial charge in [-0.1, -0.05) is 6.92 Å². The molecule has 29 heavy (non-hydrogen) atoms. The van der Waals surface area contributed by atoms with Gasteiger partial charge in [-0.15, -0.1) is 11.8 Å². The summed E-state index contributed by atoms with van der Waals surface area (Å²) in [6.45, 7) is 3.00. The van der Waals surface area contributed by atoms with Crippen LogP contribution in [-0.2, 0) is 6.54 Å². The molecule has 0 aliphatic carbocycles. The molecule has 3 aromatic rings. The van der Waals surface area contributed by atoms with Crippen LogP contribution < -0.4 is 10.9 Å². The molecule has 0 radical (unpaired) electrons. The first-order valence-electron chi connectivity index (χ1n) is 8.53. The Morgan fingerprint density at radius 1 is 1.24 bits per heavy atom. The van der Waals surface area contributed by atoms with Crippen LogP contribution in [0.4, 0.5) is 19.0 Å². The predicted octanol–water partition coefficient (Wildman–Crippen LogP) is 4.08. The maximum atomic E-state index is 13.3. The van der Waals surface area contributed by atoms with Crippen molar-refractivity contribution >= 4 is 40.3 Å². The minimum absolute atomic E-state index is 0.00949. The first-order valence-corrected chi connectivity index (χ1v) is 9.90. The lowest BCUT2D eigenvalue weighted by Gasteiger charge is -2.20. The molecule has 7 nitrogen and oxygen atoms in total. The van der Waals surface area contributed by atoms with Crippen molar-refractivity contribution in [2.24, 2.45) is 0 Å². The van der Waals surface area contributed by atoms with Crippen molar-refractivity contribution in [2.45, 2.75) is 37.5 Å². The van der Waals surface area contributed by atoms with E-state index in [2.05, 4.69) is 25.3 Å². The van der Waals surface area contributed by atoms with Crippen LogP contribution in [0.15, 0.2) is 34.2 Å². The van der Waals surface area contributed by atoms with Gasteiger partial charge in [0.2, 0.25) is 5.28 Å². The molecule has 1 N–H and O–H groups in total. The molecule has 3 aromatic heterocycles. The van der Waals surface area contributed by atoms with E-state index in [0.717, 1.165) is 17.6 Å². The van der Waals surface area contributed by atoms with Crippen molar-refractivity contribution in [2.75, 3.05) is 11.1 Å². The molecule has 0 saturated heterocycles. The smallest absolute Gasteiger partial charge is 0.360 e. The van der Waals surface area contributed by atoms with E-state index in [1.807, 2.05) is 13.0 Å². The minimum Gasteiger partial charge on any atom is -0.360 e. The Hall–Kier alpha value is -2.40. The van der Waals surface area contributed by atoms with Crippen LogP contribution in [0, 0.1) is 0 Å². The molecule has 0 aromatic carbocycles. The van der Waals surface area contributed by atoms with E-state index in [9.17, 15) is 18.0 Å². The zero-order valence-corrected chi connectivity index (χ0v) is 16.9. The van der Waals surface area contributed by atoms with Crippen LogP contribution >= 0.6 is 23.4 Å². The largest absolute Gasteiger partial charge is 0.409 e. The fourth-order valence-corrected chi connectivity index (χ4v) is 3.30. The summed E-state index contributed by atoms with van der Waals surface area (Å²) in [4.78, 5) is 29.6. The van der Waals surface area contributed by atoms with Gasteiger partial charge in [0.25, 0.3) is 5.56 Å². The fourth-order valence-electron chi connectivity index (χ4n) is 2.54. The summed E-state index contributed by atoms with van der Waals surface area (Å²) >= 11 is 7.34. The van der Waals surface area contributed by atoms with Crippen LogP contribution in [0.5, 0.6) is 0 Å². The molecule has 0 bridgehead atoms. The van der Waals surface area contributed by atoms with Crippen molar-refractivity contribution in [3.05, 3.63) is 45.9 Å². The van der Waals surface area contributed by atoms with Gasteiger partial charge in [-0.3, -0.25) is 14.3 Å². The lowest BCUT2D eigenvalue weighted by atomic mass is 10.3. The van der Waals surface area contributed by atoms with E-state index in [-0.39, 0.29) is 28.8 Å². The van der Waals surface area contributed by atoms with E-state index in [0.29, 0.717) is 10.3 Å². The van der Waals surface area contributed by atoms with Crippen molar-refractivity contribution in [3.63, 3.8) is 0 Å². The van der Waals surface area contributed by atoms with Crippen LogP contribution in [0.1, 0.15) is 25.6 Å². The molecular weight excluding hydrogens is 429 g/mol. The number of nitrogens with one attached hydrogen (secondary N) is 1. The first kappa shape index (κ1) is 21.3. The van der Waals surface area contributed by atoms with Crippen molar-refractivity contribution < 1.29 is 13.2 Å². The van der Waals surface area contributed by atoms with Crippen molar-refractivity contribution in [3.8, 4) is 0 Å². The second-order valence-corrected chi connectivity index (χ2v) is 7.65. The summed E-state index contributed by atoms with van der Waals surface area (Å²) in [5, 5.41) is 2.48. The number of halogens is 4. The highest BCUT2D eigenvalue weighted by Gasteiger charge is 2.39. The monoisotopic (exact) mass is 444 g/mol. The van der Waals surface area contributed by atoms with Gasteiger partial charge < -0.3 is 5.32 Å². The molecule has 0 aliphatic rings. The van der Waals surface area contributed by atoms with E-state index < -0.39 is 17.8 Å². The Labute approximate surface area is 172 Å². The number of nitrogens with zero attached hydrogens (tertiary/aromatic N) is 5. The van der Waals surface area contributed by atoms with Crippen LogP contribution in [0.25, 0.3) is 11.2 Å². The number of hydrogen-bond donors (Lipinski definition) is 1. The van der Waals surface area contributed by atoms with Crippen LogP contribution in [-0.4, -0.2) is 36.4 Å². The predicted molar refractivity (Wildman–Crippen MR) is 105 cm³/mol. The molecule has 154 valence electrons. The third-order valence-electron chi connectivity index (χ3n) is 4.01. The number of rotatable bonds is 6. The highest BCUT2D eigenvalue weighted by atomic mass is 35.5. The second kappa shape index (κ2) is 8.54. The van der Waals surface area contributed by atoms with Crippen molar-refractivity contribution in [1.82, 2.24) is 24.5 Å². The van der Waals surface area contributed by atoms with Crippen LogP contribution in [0.2, 0.25) is 5.28 Å². The molecule has 1 atom stereocenters. The average molecular weight is 445 g/mol. The van der Waals surface area contributed by atoms with Gasteiger partial charge in [0, 0.05) is 11.1 Å². The summed E-state index contributed by atoms with van der Waals surface area (Å²) in [6.07, 6.45) is -1.80. The maximum absolute atomic E-state index is 13.3. The lowest BCUT2D eigenvalue weighted by Crippen LogP contribution is -2.35. The third kappa shape index (κ3) is 4.78. The fraction of sp³-hybridized carbons (Fsp3) is 0.353. The highest BCUT2D eigenvalue weighted by molar-refractivity contribution is 7.99. The van der Waals surface area contributed by atoms with E-state index in [1.54, 1.807) is 24.0 Å². The second-order valence-electron chi connectivity index (χ2n) is 5.97. The Balaban J connectivity index is 1.99. The quantitative estimate of drug-likeness (QED) is 0.453. The van der Waals surface area contributed by atoms with Gasteiger partial charge in [0.1, 0.15) is 11.6 Å². The normalized spacial score (nSPS) is 12.9. The van der Waals surface area contributed by atoms with E-state index >= 15 is 0 Å². The Morgan fingerprint density at radius 3 is 2.62 bits per heavy atom. The zero-order chi connectivity index (χ0) is 21.2. The molecule has 0 amide bonds. The van der Waals surface area contributed by atoms with Crippen LogP contribution in [0.3, 0.4) is 0 Å².